The van der Waals surface area contributed by atoms with Gasteiger partial charge in [-0.1, -0.05) is 25.0 Å². The molecule has 4 nitrogen and oxygen atoms in total. The van der Waals surface area contributed by atoms with E-state index >= 15 is 0 Å². The van der Waals surface area contributed by atoms with Crippen molar-refractivity contribution in [1.82, 2.24) is 9.62 Å². The molecule has 1 rings (SSSR count). The molecule has 0 bridgehead atoms. The van der Waals surface area contributed by atoms with Gasteiger partial charge in [0.15, 0.2) is 0 Å². The van der Waals surface area contributed by atoms with E-state index in [0.717, 1.165) is 29.4 Å². The molecule has 0 atom stereocenters. The molecule has 0 unspecified atom stereocenters. The third-order valence-electron chi connectivity index (χ3n) is 2.70. The van der Waals surface area contributed by atoms with Crippen molar-refractivity contribution in [2.24, 2.45) is 0 Å². The number of terminal acetylenes is 1. The van der Waals surface area contributed by atoms with Gasteiger partial charge in [0.1, 0.15) is 0 Å². The molecule has 0 aliphatic carbocycles. The number of sulfonamides is 1. The summed E-state index contributed by atoms with van der Waals surface area (Å²) in [5.74, 6) is 2.33. The molecule has 0 radical (unpaired) electrons. The number of rotatable bonds is 7. The number of nitrogens with zero attached hydrogens (tertiary/aromatic N) is 1. The molecule has 0 aliphatic heterocycles. The second-order valence-electron chi connectivity index (χ2n) is 4.29. The second-order valence-corrected chi connectivity index (χ2v) is 6.33. The molecule has 5 heteroatoms. The van der Waals surface area contributed by atoms with Gasteiger partial charge in [0.05, 0.1) is 11.4 Å². The maximum absolute atomic E-state index is 12.1. The highest BCUT2D eigenvalue weighted by atomic mass is 32.2. The summed E-state index contributed by atoms with van der Waals surface area (Å²) in [5.41, 5.74) is 1.06. The van der Waals surface area contributed by atoms with Crippen LogP contribution in [-0.2, 0) is 16.6 Å². The topological polar surface area (TPSA) is 49.4 Å². The fraction of sp³-hybridized carbons (Fsp3) is 0.429. The van der Waals surface area contributed by atoms with Crippen LogP contribution in [0.2, 0.25) is 0 Å². The Morgan fingerprint density at radius 2 is 1.95 bits per heavy atom. The molecule has 0 aliphatic rings. The highest BCUT2D eigenvalue weighted by Gasteiger charge is 2.19. The Labute approximate surface area is 115 Å². The maximum Gasteiger partial charge on any atom is 0.243 e. The lowest BCUT2D eigenvalue weighted by molar-refractivity contribution is 0.503. The average Bonchev–Trinajstić information content (AvgIpc) is 2.40. The first kappa shape index (κ1) is 15.7. The van der Waals surface area contributed by atoms with Crippen molar-refractivity contribution in [3.63, 3.8) is 0 Å². The molecule has 0 aromatic heterocycles. The Bertz CT molecular complexity index is 530. The molecule has 0 saturated carbocycles. The van der Waals surface area contributed by atoms with E-state index in [-0.39, 0.29) is 11.4 Å². The Morgan fingerprint density at radius 1 is 1.32 bits per heavy atom. The lowest BCUT2D eigenvalue weighted by Gasteiger charge is -2.14. The molecule has 0 heterocycles. The first-order valence-corrected chi connectivity index (χ1v) is 7.65. The second kappa shape index (κ2) is 7.29. The van der Waals surface area contributed by atoms with Crippen LogP contribution < -0.4 is 5.32 Å². The summed E-state index contributed by atoms with van der Waals surface area (Å²) >= 11 is 0. The lowest BCUT2D eigenvalue weighted by atomic mass is 10.2. The lowest BCUT2D eigenvalue weighted by Crippen LogP contribution is -2.27. The van der Waals surface area contributed by atoms with Gasteiger partial charge in [-0.2, -0.15) is 4.31 Å². The minimum Gasteiger partial charge on any atom is -0.313 e. The Hall–Kier alpha value is -1.35. The van der Waals surface area contributed by atoms with Crippen molar-refractivity contribution in [3.8, 4) is 12.3 Å². The van der Waals surface area contributed by atoms with Crippen LogP contribution in [0.1, 0.15) is 18.9 Å². The van der Waals surface area contributed by atoms with E-state index in [0.29, 0.717) is 0 Å². The molecule has 0 amide bonds. The first-order chi connectivity index (χ1) is 9.02. The van der Waals surface area contributed by atoms with Gasteiger partial charge < -0.3 is 5.32 Å². The maximum atomic E-state index is 12.1. The van der Waals surface area contributed by atoms with Gasteiger partial charge in [-0.15, -0.1) is 6.42 Å². The zero-order valence-corrected chi connectivity index (χ0v) is 12.2. The van der Waals surface area contributed by atoms with E-state index in [1.165, 1.54) is 7.05 Å². The smallest absolute Gasteiger partial charge is 0.243 e. The summed E-state index contributed by atoms with van der Waals surface area (Å²) in [6, 6.07) is 6.87. The van der Waals surface area contributed by atoms with Gasteiger partial charge in [0.2, 0.25) is 10.0 Å². The standard InChI is InChI=1S/C14H20N2O2S/c1-4-10-15-12-13-6-8-14(9-7-13)19(17,18)16(3)11-5-2/h2,6-9,15H,4,10-12H2,1,3H3. The van der Waals surface area contributed by atoms with Crippen LogP contribution in [0.3, 0.4) is 0 Å². The predicted octanol–water partition coefficient (Wildman–Crippen LogP) is 1.44. The average molecular weight is 280 g/mol. The Morgan fingerprint density at radius 3 is 2.47 bits per heavy atom. The number of hydrogen-bond acceptors (Lipinski definition) is 3. The van der Waals surface area contributed by atoms with Gasteiger partial charge in [-0.05, 0) is 30.7 Å². The van der Waals surface area contributed by atoms with Crippen molar-refractivity contribution < 1.29 is 8.42 Å². The van der Waals surface area contributed by atoms with Crippen LogP contribution >= 0.6 is 0 Å². The van der Waals surface area contributed by atoms with Gasteiger partial charge in [0.25, 0.3) is 0 Å². The van der Waals surface area contributed by atoms with Crippen molar-refractivity contribution in [2.45, 2.75) is 24.8 Å². The van der Waals surface area contributed by atoms with Gasteiger partial charge in [0, 0.05) is 13.6 Å². The van der Waals surface area contributed by atoms with E-state index < -0.39 is 10.0 Å². The highest BCUT2D eigenvalue weighted by molar-refractivity contribution is 7.89. The van der Waals surface area contributed by atoms with Gasteiger partial charge >= 0.3 is 0 Å². The van der Waals surface area contributed by atoms with Crippen LogP contribution in [0, 0.1) is 12.3 Å². The van der Waals surface area contributed by atoms with Gasteiger partial charge in [-0.25, -0.2) is 8.42 Å². The molecule has 1 N–H and O–H groups in total. The van der Waals surface area contributed by atoms with Crippen molar-refractivity contribution in [2.75, 3.05) is 20.1 Å². The van der Waals surface area contributed by atoms with E-state index in [2.05, 4.69) is 18.2 Å². The first-order valence-electron chi connectivity index (χ1n) is 6.21. The molecular formula is C14H20N2O2S. The van der Waals surface area contributed by atoms with Crippen LogP contribution in [0.4, 0.5) is 0 Å². The quantitative estimate of drug-likeness (QED) is 0.607. The molecule has 1 aromatic carbocycles. The molecule has 0 saturated heterocycles. The predicted molar refractivity (Wildman–Crippen MR) is 77.1 cm³/mol. The van der Waals surface area contributed by atoms with Crippen molar-refractivity contribution >= 4 is 10.0 Å². The number of hydrogen-bond donors (Lipinski definition) is 1. The minimum absolute atomic E-state index is 0.0716. The van der Waals surface area contributed by atoms with E-state index in [1.807, 2.05) is 12.1 Å². The van der Waals surface area contributed by atoms with E-state index in [4.69, 9.17) is 6.42 Å². The molecular weight excluding hydrogens is 260 g/mol. The highest BCUT2D eigenvalue weighted by Crippen LogP contribution is 2.14. The Kier molecular flexibility index (Phi) is 6.03. The largest absolute Gasteiger partial charge is 0.313 e. The van der Waals surface area contributed by atoms with Crippen LogP contribution in [0.5, 0.6) is 0 Å². The number of benzene rings is 1. The van der Waals surface area contributed by atoms with Crippen LogP contribution in [-0.4, -0.2) is 32.9 Å². The SMILES string of the molecule is C#CCN(C)S(=O)(=O)c1ccc(CNCCC)cc1. The molecule has 0 fully saturated rings. The molecule has 104 valence electrons. The zero-order chi connectivity index (χ0) is 14.3. The fourth-order valence-electron chi connectivity index (χ4n) is 1.58. The monoisotopic (exact) mass is 280 g/mol. The molecule has 19 heavy (non-hydrogen) atoms. The van der Waals surface area contributed by atoms with Crippen molar-refractivity contribution in [1.29, 1.82) is 0 Å². The normalized spacial score (nSPS) is 11.5. The van der Waals surface area contributed by atoms with Crippen LogP contribution in [0.25, 0.3) is 0 Å². The van der Waals surface area contributed by atoms with Crippen LogP contribution in [0.15, 0.2) is 29.2 Å². The van der Waals surface area contributed by atoms with Gasteiger partial charge in [-0.3, -0.25) is 0 Å². The summed E-state index contributed by atoms with van der Waals surface area (Å²) in [5, 5.41) is 3.27. The number of nitrogens with one attached hydrogen (secondary N) is 1. The summed E-state index contributed by atoms with van der Waals surface area (Å²) in [7, 11) is -1.99. The fourth-order valence-corrected chi connectivity index (χ4v) is 2.67. The summed E-state index contributed by atoms with van der Waals surface area (Å²) in [4.78, 5) is 0.268. The third kappa shape index (κ3) is 4.35. The van der Waals surface area contributed by atoms with E-state index in [9.17, 15) is 8.42 Å². The summed E-state index contributed by atoms with van der Waals surface area (Å²) in [6.07, 6.45) is 6.20. The molecule has 0 spiro atoms. The summed E-state index contributed by atoms with van der Waals surface area (Å²) < 4.78 is 25.4. The third-order valence-corrected chi connectivity index (χ3v) is 4.52. The van der Waals surface area contributed by atoms with Crippen molar-refractivity contribution in [3.05, 3.63) is 29.8 Å². The van der Waals surface area contributed by atoms with E-state index in [1.54, 1.807) is 12.1 Å². The summed E-state index contributed by atoms with van der Waals surface area (Å²) in [6.45, 7) is 3.87. The minimum atomic E-state index is -3.47. The zero-order valence-electron chi connectivity index (χ0n) is 11.4. The molecule has 1 aromatic rings. The Balaban J connectivity index is 2.78.